The number of aliphatic imine (C=N–C) groups is 1. The average molecular weight is 479 g/mol. The van der Waals surface area contributed by atoms with Crippen molar-refractivity contribution >= 4 is 40.9 Å². The van der Waals surface area contributed by atoms with Crippen molar-refractivity contribution in [1.82, 2.24) is 10.3 Å². The van der Waals surface area contributed by atoms with E-state index in [1.54, 1.807) is 6.21 Å². The first kappa shape index (κ1) is 22.6. The molecule has 3 N–H and O–H groups in total. The van der Waals surface area contributed by atoms with Crippen LogP contribution in [-0.4, -0.2) is 49.6 Å². The number of amides is 2. The number of rotatable bonds is 8. The van der Waals surface area contributed by atoms with Crippen molar-refractivity contribution in [2.24, 2.45) is 10.9 Å². The van der Waals surface area contributed by atoms with Crippen molar-refractivity contribution < 1.29 is 32.6 Å². The molecule has 0 saturated carbocycles. The van der Waals surface area contributed by atoms with Crippen LogP contribution < -0.4 is 25.4 Å². The highest BCUT2D eigenvalue weighted by Gasteiger charge is 2.43. The highest BCUT2D eigenvalue weighted by atomic mass is 32.1. The van der Waals surface area contributed by atoms with Gasteiger partial charge in [0, 0.05) is 37.5 Å². The molecule has 2 amide bonds. The Morgan fingerprint density at radius 1 is 1.27 bits per heavy atom. The number of carbonyl (C=O) groups is 2. The fourth-order valence-corrected chi connectivity index (χ4v) is 3.78. The predicted octanol–water partition coefficient (Wildman–Crippen LogP) is 2.82. The molecule has 10 nitrogen and oxygen atoms in total. The Balaban J connectivity index is 1.36. The quantitative estimate of drug-likeness (QED) is 0.532. The lowest BCUT2D eigenvalue weighted by molar-refractivity contribution is -0.286. The Hall–Kier alpha value is -3.58. The van der Waals surface area contributed by atoms with Gasteiger partial charge in [-0.3, -0.25) is 9.59 Å². The fraction of sp³-hybridized carbons (Fsp3) is 0.300. The maximum atomic E-state index is 13.2. The van der Waals surface area contributed by atoms with E-state index in [2.05, 4.69) is 35.4 Å². The van der Waals surface area contributed by atoms with Crippen molar-refractivity contribution in [1.29, 1.82) is 0 Å². The van der Waals surface area contributed by atoms with Gasteiger partial charge >= 0.3 is 6.29 Å². The first-order valence-electron chi connectivity index (χ1n) is 9.74. The van der Waals surface area contributed by atoms with Crippen molar-refractivity contribution in [3.63, 3.8) is 0 Å². The van der Waals surface area contributed by atoms with Crippen LogP contribution in [0.3, 0.4) is 0 Å². The van der Waals surface area contributed by atoms with Crippen molar-refractivity contribution in [2.75, 3.05) is 30.9 Å². The van der Waals surface area contributed by atoms with Crippen molar-refractivity contribution in [3.05, 3.63) is 40.5 Å². The molecule has 1 atom stereocenters. The number of thiazole rings is 1. The number of methoxy groups -OCH3 is 1. The third-order valence-electron chi connectivity index (χ3n) is 4.54. The van der Waals surface area contributed by atoms with Crippen LogP contribution in [0.5, 0.6) is 11.5 Å². The number of hydrogen-bond acceptors (Lipinski definition) is 9. The lowest BCUT2D eigenvalue weighted by atomic mass is 10.0. The molecular weight excluding hydrogens is 460 g/mol. The number of benzene rings is 1. The molecular formula is C20H19F2N5O5S. The summed E-state index contributed by atoms with van der Waals surface area (Å²) in [6.45, 7) is 0.373. The highest BCUT2D eigenvalue weighted by molar-refractivity contribution is 7.12. The second kappa shape index (κ2) is 9.50. The molecule has 1 unspecified atom stereocenters. The van der Waals surface area contributed by atoms with Crippen molar-refractivity contribution in [3.8, 4) is 11.5 Å². The molecule has 174 valence electrons. The summed E-state index contributed by atoms with van der Waals surface area (Å²) in [5.74, 6) is -0.224. The third-order valence-corrected chi connectivity index (χ3v) is 5.36. The lowest BCUT2D eigenvalue weighted by Crippen LogP contribution is -2.28. The third kappa shape index (κ3) is 5.62. The Labute approximate surface area is 190 Å². The molecule has 33 heavy (non-hydrogen) atoms. The van der Waals surface area contributed by atoms with E-state index in [9.17, 15) is 18.4 Å². The highest BCUT2D eigenvalue weighted by Crippen LogP contribution is 2.42. The summed E-state index contributed by atoms with van der Waals surface area (Å²) in [7, 11) is 1.43. The largest absolute Gasteiger partial charge is 0.586 e. The minimum absolute atomic E-state index is 0.00786. The topological polar surface area (TPSA) is 123 Å². The van der Waals surface area contributed by atoms with Gasteiger partial charge < -0.3 is 30.2 Å². The van der Waals surface area contributed by atoms with Gasteiger partial charge in [0.25, 0.3) is 11.8 Å². The molecule has 0 fully saturated rings. The standard InChI is InChI=1S/C20H19F2N5O5S/c1-30-9-16(28)27-15-6-11(4-5-23-15)8-24-18-17(33-10-25-18)19(29)26-12-2-3-13-14(7-12)32-20(21,22)31-13/h2-3,5-7,10-11,24H,4,8-9H2,1H3,(H,26,29)(H,27,28). The molecule has 0 radical (unpaired) electrons. The molecule has 4 rings (SSSR count). The van der Waals surface area contributed by atoms with E-state index < -0.39 is 12.2 Å². The van der Waals surface area contributed by atoms with E-state index in [-0.39, 0.29) is 35.6 Å². The van der Waals surface area contributed by atoms with E-state index >= 15 is 0 Å². The smallest absolute Gasteiger partial charge is 0.395 e. The number of fused-ring (bicyclic) bond motifs is 1. The first-order valence-corrected chi connectivity index (χ1v) is 10.6. The first-order chi connectivity index (χ1) is 15.8. The number of nitrogens with one attached hydrogen (secondary N) is 3. The summed E-state index contributed by atoms with van der Waals surface area (Å²) in [4.78, 5) is 33.0. The second-order valence-electron chi connectivity index (χ2n) is 7.03. The number of carbonyl (C=O) groups excluding carboxylic acids is 2. The van der Waals surface area contributed by atoms with Crippen LogP contribution in [-0.2, 0) is 9.53 Å². The van der Waals surface area contributed by atoms with Gasteiger partial charge in [0.05, 0.1) is 5.51 Å². The summed E-state index contributed by atoms with van der Waals surface area (Å²) < 4.78 is 39.9. The number of alkyl halides is 2. The van der Waals surface area contributed by atoms with Gasteiger partial charge in [-0.1, -0.05) is 0 Å². The maximum Gasteiger partial charge on any atom is 0.586 e. The summed E-state index contributed by atoms with van der Waals surface area (Å²) >= 11 is 1.13. The van der Waals surface area contributed by atoms with Gasteiger partial charge in [-0.05, 0) is 24.6 Å². The number of aromatic nitrogens is 1. The SMILES string of the molecule is COCC(=O)NC1=CC(CNc2ncsc2C(=O)Nc2ccc3c(c2)OC(F)(F)O3)CC=N1. The minimum Gasteiger partial charge on any atom is -0.395 e. The summed E-state index contributed by atoms with van der Waals surface area (Å²) in [6.07, 6.45) is 0.427. The number of halogens is 2. The predicted molar refractivity (Wildman–Crippen MR) is 116 cm³/mol. The van der Waals surface area contributed by atoms with Crippen LogP contribution in [0, 0.1) is 5.92 Å². The van der Waals surface area contributed by atoms with Crippen LogP contribution in [0.15, 0.2) is 40.6 Å². The van der Waals surface area contributed by atoms with Crippen LogP contribution in [0.1, 0.15) is 16.1 Å². The number of hydrogen-bond donors (Lipinski definition) is 3. The molecule has 0 saturated heterocycles. The van der Waals surface area contributed by atoms with Crippen molar-refractivity contribution in [2.45, 2.75) is 12.7 Å². The Bertz CT molecular complexity index is 1120. The molecule has 3 heterocycles. The molecule has 2 aromatic rings. The minimum atomic E-state index is -3.73. The summed E-state index contributed by atoms with van der Waals surface area (Å²) in [6, 6.07) is 3.98. The Morgan fingerprint density at radius 3 is 2.91 bits per heavy atom. The number of nitrogens with zero attached hydrogens (tertiary/aromatic N) is 2. The van der Waals surface area contributed by atoms with Crippen LogP contribution in [0.4, 0.5) is 20.3 Å². The normalized spacial score (nSPS) is 17.9. The molecule has 1 aromatic heterocycles. The van der Waals surface area contributed by atoms with E-state index in [0.717, 1.165) is 11.3 Å². The second-order valence-corrected chi connectivity index (χ2v) is 7.89. The molecule has 0 aliphatic carbocycles. The van der Waals surface area contributed by atoms with Gasteiger partial charge in [0.2, 0.25) is 0 Å². The average Bonchev–Trinajstić information content (AvgIpc) is 3.35. The van der Waals surface area contributed by atoms with E-state index in [0.29, 0.717) is 29.5 Å². The van der Waals surface area contributed by atoms with E-state index in [1.807, 2.05) is 6.08 Å². The molecule has 13 heteroatoms. The molecule has 2 aliphatic heterocycles. The molecule has 2 aliphatic rings. The molecule has 0 spiro atoms. The van der Waals surface area contributed by atoms with Gasteiger partial charge in [0.1, 0.15) is 23.1 Å². The van der Waals surface area contributed by atoms with Crippen LogP contribution in [0.25, 0.3) is 0 Å². The summed E-state index contributed by atoms with van der Waals surface area (Å²) in [5, 5.41) is 8.42. The van der Waals surface area contributed by atoms with E-state index in [1.165, 1.54) is 30.8 Å². The lowest BCUT2D eigenvalue weighted by Gasteiger charge is -2.17. The van der Waals surface area contributed by atoms with Gasteiger partial charge in [-0.25, -0.2) is 9.98 Å². The number of ether oxygens (including phenoxy) is 3. The summed E-state index contributed by atoms with van der Waals surface area (Å²) in [5.41, 5.74) is 1.79. The monoisotopic (exact) mass is 479 g/mol. The number of anilines is 2. The van der Waals surface area contributed by atoms with Gasteiger partial charge in [-0.15, -0.1) is 20.1 Å². The fourth-order valence-electron chi connectivity index (χ4n) is 3.12. The zero-order chi connectivity index (χ0) is 23.4. The molecule has 1 aromatic carbocycles. The zero-order valence-corrected chi connectivity index (χ0v) is 18.1. The zero-order valence-electron chi connectivity index (χ0n) is 17.3. The van der Waals surface area contributed by atoms with Crippen LogP contribution in [0.2, 0.25) is 0 Å². The van der Waals surface area contributed by atoms with Crippen LogP contribution >= 0.6 is 11.3 Å². The molecule has 0 bridgehead atoms. The Kier molecular flexibility index (Phi) is 6.51. The van der Waals surface area contributed by atoms with Gasteiger partial charge in [-0.2, -0.15) is 0 Å². The Morgan fingerprint density at radius 2 is 2.09 bits per heavy atom. The maximum absolute atomic E-state index is 13.2. The van der Waals surface area contributed by atoms with E-state index in [4.69, 9.17) is 4.74 Å². The van der Waals surface area contributed by atoms with Gasteiger partial charge in [0.15, 0.2) is 11.5 Å².